The van der Waals surface area contributed by atoms with Crippen LogP contribution >= 0.6 is 22.7 Å². The molecular weight excluding hydrogens is 355 g/mol. The maximum Gasteiger partial charge on any atom is 0.267 e. The van der Waals surface area contributed by atoms with Crippen molar-refractivity contribution in [2.45, 2.75) is 32.1 Å². The molecule has 2 aromatic heterocycles. The highest BCUT2D eigenvalue weighted by Crippen LogP contribution is 2.43. The molecule has 1 amide bonds. The first-order valence-corrected chi connectivity index (χ1v) is 9.90. The summed E-state index contributed by atoms with van der Waals surface area (Å²) >= 11 is 2.89. The van der Waals surface area contributed by atoms with Gasteiger partial charge in [0, 0.05) is 11.3 Å². The number of benzene rings is 1. The van der Waals surface area contributed by atoms with Crippen molar-refractivity contribution in [3.05, 3.63) is 68.1 Å². The van der Waals surface area contributed by atoms with Crippen molar-refractivity contribution in [1.82, 2.24) is 4.98 Å². The third kappa shape index (κ3) is 3.50. The van der Waals surface area contributed by atoms with E-state index in [2.05, 4.69) is 10.3 Å². The second kappa shape index (κ2) is 6.69. The fourth-order valence-corrected chi connectivity index (χ4v) is 4.69. The number of halogens is 1. The number of thiazole rings is 1. The van der Waals surface area contributed by atoms with Crippen LogP contribution < -0.4 is 5.32 Å². The predicted molar refractivity (Wildman–Crippen MR) is 100 cm³/mol. The van der Waals surface area contributed by atoms with Crippen LogP contribution in [0.5, 0.6) is 0 Å². The molecule has 0 spiro atoms. The molecule has 1 aromatic carbocycles. The third-order valence-electron chi connectivity index (χ3n) is 4.34. The lowest BCUT2D eigenvalue weighted by Gasteiger charge is -2.02. The minimum absolute atomic E-state index is 0.0944. The van der Waals surface area contributed by atoms with Crippen LogP contribution in [-0.4, -0.2) is 10.9 Å². The summed E-state index contributed by atoms with van der Waals surface area (Å²) in [5, 5.41) is 5.46. The maximum atomic E-state index is 13.9. The number of hydrogen-bond donors (Lipinski definition) is 1. The van der Waals surface area contributed by atoms with Crippen molar-refractivity contribution in [2.75, 3.05) is 5.32 Å². The minimum atomic E-state index is -0.214. The summed E-state index contributed by atoms with van der Waals surface area (Å²) in [4.78, 5) is 18.8. The molecule has 1 fully saturated rings. The molecule has 0 atom stereocenters. The third-order valence-corrected chi connectivity index (χ3v) is 6.34. The van der Waals surface area contributed by atoms with E-state index >= 15 is 0 Å². The molecule has 1 saturated carbocycles. The highest BCUT2D eigenvalue weighted by atomic mass is 32.1. The molecule has 0 unspecified atom stereocenters. The standard InChI is InChI=1S/C19H17FN2OS2/c1-11-16(10-13-4-2-3-5-15(13)20)25-19(21-11)22-18(23)17-14(8-9-24-17)12-6-7-12/h2-5,8-9,12H,6-7,10H2,1H3,(H,21,22,23). The Hall–Kier alpha value is -2.05. The van der Waals surface area contributed by atoms with E-state index in [0.29, 0.717) is 23.0 Å². The zero-order valence-electron chi connectivity index (χ0n) is 13.7. The fraction of sp³-hybridized carbons (Fsp3) is 0.263. The monoisotopic (exact) mass is 372 g/mol. The fourth-order valence-electron chi connectivity index (χ4n) is 2.83. The number of aryl methyl sites for hydroxylation is 1. The summed E-state index contributed by atoms with van der Waals surface area (Å²) in [7, 11) is 0. The van der Waals surface area contributed by atoms with Crippen molar-refractivity contribution in [3.8, 4) is 0 Å². The lowest BCUT2D eigenvalue weighted by atomic mass is 10.1. The van der Waals surface area contributed by atoms with Gasteiger partial charge in [0.2, 0.25) is 0 Å². The molecule has 1 N–H and O–H groups in total. The molecule has 0 aliphatic heterocycles. The summed E-state index contributed by atoms with van der Waals surface area (Å²) in [6, 6.07) is 8.80. The van der Waals surface area contributed by atoms with Crippen LogP contribution in [0.2, 0.25) is 0 Å². The van der Waals surface area contributed by atoms with E-state index < -0.39 is 0 Å². The van der Waals surface area contributed by atoms with Crippen molar-refractivity contribution in [1.29, 1.82) is 0 Å². The number of amides is 1. The Morgan fingerprint density at radius 1 is 1.32 bits per heavy atom. The van der Waals surface area contributed by atoms with E-state index in [1.54, 1.807) is 12.1 Å². The molecule has 128 valence electrons. The maximum absolute atomic E-state index is 13.9. The van der Waals surface area contributed by atoms with Gasteiger partial charge in [0.05, 0.1) is 10.6 Å². The average Bonchev–Trinajstić information content (AvgIpc) is 3.21. The lowest BCUT2D eigenvalue weighted by Crippen LogP contribution is -2.11. The summed E-state index contributed by atoms with van der Waals surface area (Å²) in [6.07, 6.45) is 2.82. The first-order chi connectivity index (χ1) is 12.1. The number of carbonyl (C=O) groups is 1. The minimum Gasteiger partial charge on any atom is -0.297 e. The molecular formula is C19H17FN2OS2. The molecule has 3 aromatic rings. The van der Waals surface area contributed by atoms with Gasteiger partial charge < -0.3 is 0 Å². The number of nitrogens with one attached hydrogen (secondary N) is 1. The Kier molecular flexibility index (Phi) is 4.39. The zero-order chi connectivity index (χ0) is 17.4. The van der Waals surface area contributed by atoms with Crippen molar-refractivity contribution in [3.63, 3.8) is 0 Å². The smallest absolute Gasteiger partial charge is 0.267 e. The van der Waals surface area contributed by atoms with E-state index in [0.717, 1.165) is 21.0 Å². The van der Waals surface area contributed by atoms with Crippen LogP contribution in [0.1, 0.15) is 50.1 Å². The van der Waals surface area contributed by atoms with Crippen LogP contribution in [0.15, 0.2) is 35.7 Å². The number of nitrogens with zero attached hydrogens (tertiary/aromatic N) is 1. The van der Waals surface area contributed by atoms with E-state index in [9.17, 15) is 9.18 Å². The second-order valence-electron chi connectivity index (χ2n) is 6.23. The molecule has 6 heteroatoms. The Bertz CT molecular complexity index is 927. The second-order valence-corrected chi connectivity index (χ2v) is 8.23. The molecule has 2 heterocycles. The molecule has 4 rings (SSSR count). The quantitative estimate of drug-likeness (QED) is 0.654. The van der Waals surface area contributed by atoms with Crippen LogP contribution in [-0.2, 0) is 6.42 Å². The largest absolute Gasteiger partial charge is 0.297 e. The number of thiophene rings is 1. The normalized spacial score (nSPS) is 13.8. The van der Waals surface area contributed by atoms with Gasteiger partial charge in [-0.05, 0) is 54.3 Å². The average molecular weight is 372 g/mol. The van der Waals surface area contributed by atoms with E-state index in [-0.39, 0.29) is 11.7 Å². The van der Waals surface area contributed by atoms with Crippen molar-refractivity contribution < 1.29 is 9.18 Å². The molecule has 1 aliphatic rings. The number of rotatable bonds is 5. The Labute approximate surface area is 153 Å². The number of anilines is 1. The van der Waals surface area contributed by atoms with Gasteiger partial charge in [-0.1, -0.05) is 18.2 Å². The van der Waals surface area contributed by atoms with Crippen molar-refractivity contribution >= 4 is 33.7 Å². The van der Waals surface area contributed by atoms with Gasteiger partial charge >= 0.3 is 0 Å². The van der Waals surface area contributed by atoms with Crippen LogP contribution in [0.3, 0.4) is 0 Å². The van der Waals surface area contributed by atoms with Crippen molar-refractivity contribution in [2.24, 2.45) is 0 Å². The van der Waals surface area contributed by atoms with Gasteiger partial charge in [-0.2, -0.15) is 0 Å². The van der Waals surface area contributed by atoms with Crippen LogP contribution in [0.4, 0.5) is 9.52 Å². The Balaban J connectivity index is 1.51. The molecule has 3 nitrogen and oxygen atoms in total. The van der Waals surface area contributed by atoms with Gasteiger partial charge in [0.15, 0.2) is 5.13 Å². The zero-order valence-corrected chi connectivity index (χ0v) is 15.3. The lowest BCUT2D eigenvalue weighted by molar-refractivity contribution is 0.102. The van der Waals surface area contributed by atoms with Gasteiger partial charge in [0.1, 0.15) is 5.82 Å². The summed E-state index contributed by atoms with van der Waals surface area (Å²) in [6.45, 7) is 1.89. The highest BCUT2D eigenvalue weighted by Gasteiger charge is 2.29. The first-order valence-electron chi connectivity index (χ1n) is 8.20. The molecule has 0 saturated heterocycles. The van der Waals surface area contributed by atoms with E-state index in [1.807, 2.05) is 24.4 Å². The summed E-state index contributed by atoms with van der Waals surface area (Å²) < 4.78 is 13.9. The van der Waals surface area contributed by atoms with Gasteiger partial charge in [-0.15, -0.1) is 22.7 Å². The molecule has 25 heavy (non-hydrogen) atoms. The topological polar surface area (TPSA) is 42.0 Å². The van der Waals surface area contributed by atoms with Crippen LogP contribution in [0.25, 0.3) is 0 Å². The van der Waals surface area contributed by atoms with Gasteiger partial charge in [-0.3, -0.25) is 10.1 Å². The first kappa shape index (κ1) is 16.4. The predicted octanol–water partition coefficient (Wildman–Crippen LogP) is 5.37. The molecule has 0 radical (unpaired) electrons. The van der Waals surface area contributed by atoms with Gasteiger partial charge in [-0.25, -0.2) is 9.37 Å². The summed E-state index contributed by atoms with van der Waals surface area (Å²) in [5.41, 5.74) is 2.63. The van der Waals surface area contributed by atoms with Gasteiger partial charge in [0.25, 0.3) is 5.91 Å². The van der Waals surface area contributed by atoms with E-state index in [1.165, 1.54) is 41.6 Å². The van der Waals surface area contributed by atoms with E-state index in [4.69, 9.17) is 0 Å². The van der Waals surface area contributed by atoms with Crippen LogP contribution in [0, 0.1) is 12.7 Å². The molecule has 1 aliphatic carbocycles. The number of carbonyl (C=O) groups excluding carboxylic acids is 1. The SMILES string of the molecule is Cc1nc(NC(=O)c2sccc2C2CC2)sc1Cc1ccccc1F. The summed E-state index contributed by atoms with van der Waals surface area (Å²) in [5.74, 6) is 0.235. The Morgan fingerprint density at radius 2 is 2.12 bits per heavy atom. The Morgan fingerprint density at radius 3 is 2.88 bits per heavy atom. The molecule has 0 bridgehead atoms. The highest BCUT2D eigenvalue weighted by molar-refractivity contribution is 7.16. The number of hydrogen-bond acceptors (Lipinski definition) is 4. The number of aromatic nitrogens is 1.